The van der Waals surface area contributed by atoms with Gasteiger partial charge in [-0.25, -0.2) is 0 Å². The average Bonchev–Trinajstić information content (AvgIpc) is 2.61. The van der Waals surface area contributed by atoms with E-state index in [1.165, 1.54) is 21.5 Å². The van der Waals surface area contributed by atoms with Crippen LogP contribution in [0.3, 0.4) is 0 Å². The summed E-state index contributed by atoms with van der Waals surface area (Å²) in [5.74, 6) is 0.817. The van der Waals surface area contributed by atoms with Crippen molar-refractivity contribution in [2.24, 2.45) is 5.92 Å². The van der Waals surface area contributed by atoms with Gasteiger partial charge in [0.2, 0.25) is 0 Å². The Bertz CT molecular complexity index is 296. The lowest BCUT2D eigenvalue weighted by Crippen LogP contribution is -2.28. The molecule has 1 aromatic heterocycles. The second kappa shape index (κ2) is 7.46. The topological polar surface area (TPSA) is 12.0 Å². The van der Waals surface area contributed by atoms with Crippen LogP contribution >= 0.6 is 27.3 Å². The van der Waals surface area contributed by atoms with Crippen molar-refractivity contribution < 1.29 is 0 Å². The molecule has 0 aliphatic heterocycles. The van der Waals surface area contributed by atoms with Crippen LogP contribution in [-0.2, 0) is 6.42 Å². The Kier molecular flexibility index (Phi) is 6.62. The molecule has 1 heterocycles. The molecule has 0 aliphatic rings. The molecule has 0 amide bonds. The summed E-state index contributed by atoms with van der Waals surface area (Å²) in [6, 6.07) is 4.98. The van der Waals surface area contributed by atoms with Crippen LogP contribution < -0.4 is 5.32 Å². The van der Waals surface area contributed by atoms with Gasteiger partial charge in [-0.3, -0.25) is 0 Å². The van der Waals surface area contributed by atoms with Crippen LogP contribution in [0, 0.1) is 5.92 Å². The molecular formula is C13H22BrNS. The van der Waals surface area contributed by atoms with Crippen molar-refractivity contribution in [3.63, 3.8) is 0 Å². The zero-order valence-corrected chi connectivity index (χ0v) is 12.8. The third-order valence-corrected chi connectivity index (χ3v) is 4.35. The third kappa shape index (κ3) is 6.02. The largest absolute Gasteiger partial charge is 0.314 e. The van der Waals surface area contributed by atoms with Gasteiger partial charge in [-0.2, -0.15) is 0 Å². The van der Waals surface area contributed by atoms with Gasteiger partial charge in [0.15, 0.2) is 0 Å². The van der Waals surface area contributed by atoms with Gasteiger partial charge in [-0.05, 0) is 60.2 Å². The van der Waals surface area contributed by atoms with Crippen molar-refractivity contribution in [1.82, 2.24) is 5.32 Å². The van der Waals surface area contributed by atoms with Crippen LogP contribution in [0.5, 0.6) is 0 Å². The van der Waals surface area contributed by atoms with E-state index < -0.39 is 0 Å². The Morgan fingerprint density at radius 2 is 2.00 bits per heavy atom. The summed E-state index contributed by atoms with van der Waals surface area (Å²) < 4.78 is 1.23. The predicted octanol–water partition coefficient (Wildman–Crippen LogP) is 4.47. The van der Waals surface area contributed by atoms with Gasteiger partial charge in [0, 0.05) is 17.5 Å². The first-order valence-electron chi connectivity index (χ1n) is 6.05. The first-order chi connectivity index (χ1) is 7.58. The van der Waals surface area contributed by atoms with E-state index >= 15 is 0 Å². The highest BCUT2D eigenvalue weighted by atomic mass is 79.9. The van der Waals surface area contributed by atoms with E-state index in [-0.39, 0.29) is 0 Å². The molecule has 0 fully saturated rings. The minimum atomic E-state index is 0.644. The highest BCUT2D eigenvalue weighted by molar-refractivity contribution is 9.11. The lowest BCUT2D eigenvalue weighted by molar-refractivity contribution is 0.454. The molecule has 0 bridgehead atoms. The zero-order valence-electron chi connectivity index (χ0n) is 10.4. The van der Waals surface area contributed by atoms with Gasteiger partial charge < -0.3 is 5.32 Å². The van der Waals surface area contributed by atoms with Crippen molar-refractivity contribution in [3.05, 3.63) is 20.8 Å². The Morgan fingerprint density at radius 3 is 2.56 bits per heavy atom. The zero-order chi connectivity index (χ0) is 12.0. The number of nitrogens with one attached hydrogen (secondary N) is 1. The molecule has 3 heteroatoms. The SMILES string of the molecule is CC(C)CCC(C)NCCc1ccc(Br)s1. The Hall–Kier alpha value is 0.140. The fourth-order valence-electron chi connectivity index (χ4n) is 1.61. The average molecular weight is 304 g/mol. The van der Waals surface area contributed by atoms with Crippen molar-refractivity contribution in [1.29, 1.82) is 0 Å². The number of thiophene rings is 1. The minimum Gasteiger partial charge on any atom is -0.314 e. The first kappa shape index (κ1) is 14.2. The van der Waals surface area contributed by atoms with Gasteiger partial charge in [0.05, 0.1) is 3.79 Å². The lowest BCUT2D eigenvalue weighted by atomic mass is 10.0. The molecule has 0 aliphatic carbocycles. The van der Waals surface area contributed by atoms with Crippen molar-refractivity contribution in [2.45, 2.75) is 46.1 Å². The monoisotopic (exact) mass is 303 g/mol. The quantitative estimate of drug-likeness (QED) is 0.784. The molecule has 0 spiro atoms. The molecule has 0 saturated carbocycles. The third-order valence-electron chi connectivity index (χ3n) is 2.67. The Morgan fingerprint density at radius 1 is 1.25 bits per heavy atom. The second-order valence-electron chi connectivity index (χ2n) is 4.78. The molecule has 1 aromatic rings. The predicted molar refractivity (Wildman–Crippen MR) is 77.3 cm³/mol. The summed E-state index contributed by atoms with van der Waals surface area (Å²) in [6.45, 7) is 7.95. The van der Waals surface area contributed by atoms with E-state index in [0.717, 1.165) is 18.9 Å². The fourth-order valence-corrected chi connectivity index (χ4v) is 3.10. The lowest BCUT2D eigenvalue weighted by Gasteiger charge is -2.14. The molecule has 0 aromatic carbocycles. The van der Waals surface area contributed by atoms with E-state index in [1.807, 2.05) is 11.3 Å². The maximum atomic E-state index is 3.59. The first-order valence-corrected chi connectivity index (χ1v) is 7.66. The number of hydrogen-bond donors (Lipinski definition) is 1. The highest BCUT2D eigenvalue weighted by Crippen LogP contribution is 2.22. The maximum absolute atomic E-state index is 3.59. The van der Waals surface area contributed by atoms with Crippen molar-refractivity contribution >= 4 is 27.3 Å². The Balaban J connectivity index is 2.10. The van der Waals surface area contributed by atoms with Crippen molar-refractivity contribution in [2.75, 3.05) is 6.54 Å². The fraction of sp³-hybridized carbons (Fsp3) is 0.692. The van der Waals surface area contributed by atoms with Gasteiger partial charge in [0.25, 0.3) is 0 Å². The van der Waals surface area contributed by atoms with Crippen LogP contribution in [0.25, 0.3) is 0 Å². The van der Waals surface area contributed by atoms with Crippen LogP contribution in [0.4, 0.5) is 0 Å². The molecule has 1 N–H and O–H groups in total. The smallest absolute Gasteiger partial charge is 0.0701 e. The molecule has 0 radical (unpaired) electrons. The van der Waals surface area contributed by atoms with E-state index in [9.17, 15) is 0 Å². The van der Waals surface area contributed by atoms with Crippen molar-refractivity contribution in [3.8, 4) is 0 Å². The number of halogens is 1. The summed E-state index contributed by atoms with van der Waals surface area (Å²) in [6.07, 6.45) is 3.74. The molecule has 1 unspecified atom stereocenters. The molecule has 16 heavy (non-hydrogen) atoms. The molecule has 1 nitrogen and oxygen atoms in total. The molecule has 1 atom stereocenters. The van der Waals surface area contributed by atoms with Gasteiger partial charge in [-0.1, -0.05) is 13.8 Å². The molecule has 1 rings (SSSR count). The summed E-state index contributed by atoms with van der Waals surface area (Å²) in [4.78, 5) is 1.45. The summed E-state index contributed by atoms with van der Waals surface area (Å²) in [5.41, 5.74) is 0. The number of rotatable bonds is 7. The van der Waals surface area contributed by atoms with Gasteiger partial charge in [0.1, 0.15) is 0 Å². The van der Waals surface area contributed by atoms with Crippen LogP contribution in [0.2, 0.25) is 0 Å². The van der Waals surface area contributed by atoms with Crippen LogP contribution in [-0.4, -0.2) is 12.6 Å². The number of hydrogen-bond acceptors (Lipinski definition) is 2. The van der Waals surface area contributed by atoms with E-state index in [4.69, 9.17) is 0 Å². The molecule has 0 saturated heterocycles. The second-order valence-corrected chi connectivity index (χ2v) is 7.33. The highest BCUT2D eigenvalue weighted by Gasteiger charge is 2.03. The molecule has 92 valence electrons. The standard InChI is InChI=1S/C13H22BrNS/c1-10(2)4-5-11(3)15-9-8-12-6-7-13(14)16-12/h6-7,10-11,15H,4-5,8-9H2,1-3H3. The summed E-state index contributed by atoms with van der Waals surface area (Å²) >= 11 is 5.33. The van der Waals surface area contributed by atoms with E-state index in [2.05, 4.69) is 54.2 Å². The molecular weight excluding hydrogens is 282 g/mol. The van der Waals surface area contributed by atoms with Gasteiger partial charge in [-0.15, -0.1) is 11.3 Å². The summed E-state index contributed by atoms with van der Waals surface area (Å²) in [7, 11) is 0. The van der Waals surface area contributed by atoms with E-state index in [1.54, 1.807) is 0 Å². The summed E-state index contributed by atoms with van der Waals surface area (Å²) in [5, 5.41) is 3.59. The maximum Gasteiger partial charge on any atom is 0.0701 e. The van der Waals surface area contributed by atoms with E-state index in [0.29, 0.717) is 6.04 Å². The normalized spacial score (nSPS) is 13.3. The van der Waals surface area contributed by atoms with Crippen LogP contribution in [0.1, 0.15) is 38.5 Å². The van der Waals surface area contributed by atoms with Gasteiger partial charge >= 0.3 is 0 Å². The Labute approximate surface area is 112 Å². The minimum absolute atomic E-state index is 0.644. The van der Waals surface area contributed by atoms with Crippen LogP contribution in [0.15, 0.2) is 15.9 Å².